The average Bonchev–Trinajstić information content (AvgIpc) is 2.67. The minimum Gasteiger partial charge on any atom is -0.315 e. The van der Waals surface area contributed by atoms with E-state index < -0.39 is 0 Å². The third kappa shape index (κ3) is 4.21. The molecule has 2 rings (SSSR count). The Kier molecular flexibility index (Phi) is 5.92. The first kappa shape index (κ1) is 16.3. The summed E-state index contributed by atoms with van der Waals surface area (Å²) in [5.74, 6) is 0.927. The lowest BCUT2D eigenvalue weighted by Gasteiger charge is -2.39. The second-order valence-corrected chi connectivity index (χ2v) is 8.06. The molecule has 1 aliphatic carbocycles. The Morgan fingerprint density at radius 2 is 1.70 bits per heavy atom. The summed E-state index contributed by atoms with van der Waals surface area (Å²) >= 11 is 0. The summed E-state index contributed by atoms with van der Waals surface area (Å²) < 4.78 is 0. The summed E-state index contributed by atoms with van der Waals surface area (Å²) in [6, 6.07) is 1.64. The van der Waals surface area contributed by atoms with E-state index in [9.17, 15) is 0 Å². The van der Waals surface area contributed by atoms with Gasteiger partial charge in [0, 0.05) is 18.6 Å². The fourth-order valence-corrected chi connectivity index (χ4v) is 4.41. The van der Waals surface area contributed by atoms with Gasteiger partial charge in [-0.05, 0) is 62.9 Å². The molecule has 2 nitrogen and oxygen atoms in total. The predicted octanol–water partition coefficient (Wildman–Crippen LogP) is 4.06. The van der Waals surface area contributed by atoms with Crippen LogP contribution in [0.1, 0.15) is 72.6 Å². The molecular weight excluding hydrogens is 244 g/mol. The Bertz CT molecular complexity index is 276. The molecule has 0 aromatic rings. The van der Waals surface area contributed by atoms with Crippen LogP contribution in [-0.2, 0) is 0 Å². The third-order valence-electron chi connectivity index (χ3n) is 5.74. The van der Waals surface area contributed by atoms with Crippen LogP contribution in [0.25, 0.3) is 0 Å². The minimum atomic E-state index is 0.498. The molecular formula is C18H36N2. The van der Waals surface area contributed by atoms with Crippen molar-refractivity contribution >= 4 is 0 Å². The quantitative estimate of drug-likeness (QED) is 0.784. The van der Waals surface area contributed by atoms with Gasteiger partial charge >= 0.3 is 0 Å². The van der Waals surface area contributed by atoms with Gasteiger partial charge in [0.05, 0.1) is 0 Å². The second-order valence-electron chi connectivity index (χ2n) is 8.06. The number of nitrogens with zero attached hydrogens (tertiary/aromatic N) is 1. The molecule has 1 saturated carbocycles. The molecule has 1 N–H and O–H groups in total. The lowest BCUT2D eigenvalue weighted by molar-refractivity contribution is 0.105. The first-order valence-electron chi connectivity index (χ1n) is 8.99. The van der Waals surface area contributed by atoms with Crippen molar-refractivity contribution in [2.24, 2.45) is 11.3 Å². The zero-order valence-electron chi connectivity index (χ0n) is 14.3. The number of piperidine rings is 1. The highest BCUT2D eigenvalue weighted by Crippen LogP contribution is 2.38. The standard InChI is InChI=1S/C18H36N2/c1-5-20(17-10-7-13-19-14-17)16-9-6-8-15(11-12-16)18(2,3)4/h15-17,19H,5-14H2,1-4H3. The molecule has 0 aromatic heterocycles. The first-order valence-corrected chi connectivity index (χ1v) is 8.99. The SMILES string of the molecule is CCN(C1CCCC(C(C)(C)C)CC1)C1CCCNC1. The summed E-state index contributed by atoms with van der Waals surface area (Å²) in [5, 5.41) is 3.60. The van der Waals surface area contributed by atoms with Gasteiger partial charge in [-0.1, -0.05) is 34.1 Å². The lowest BCUT2D eigenvalue weighted by atomic mass is 9.76. The maximum Gasteiger partial charge on any atom is 0.0223 e. The van der Waals surface area contributed by atoms with E-state index in [-0.39, 0.29) is 0 Å². The Morgan fingerprint density at radius 1 is 0.950 bits per heavy atom. The van der Waals surface area contributed by atoms with E-state index in [0.29, 0.717) is 5.41 Å². The van der Waals surface area contributed by atoms with E-state index in [1.807, 2.05) is 0 Å². The van der Waals surface area contributed by atoms with E-state index in [2.05, 4.69) is 37.9 Å². The lowest BCUT2D eigenvalue weighted by Crippen LogP contribution is -2.50. The van der Waals surface area contributed by atoms with Crippen LogP contribution in [0.3, 0.4) is 0 Å². The van der Waals surface area contributed by atoms with Crippen LogP contribution in [0, 0.1) is 11.3 Å². The van der Waals surface area contributed by atoms with Crippen molar-refractivity contribution in [2.45, 2.75) is 84.7 Å². The number of hydrogen-bond donors (Lipinski definition) is 1. The average molecular weight is 280 g/mol. The molecule has 1 heterocycles. The van der Waals surface area contributed by atoms with Gasteiger partial charge in [-0.2, -0.15) is 0 Å². The summed E-state index contributed by atoms with van der Waals surface area (Å²) in [6.45, 7) is 13.3. The normalized spacial score (nSPS) is 33.1. The van der Waals surface area contributed by atoms with Crippen molar-refractivity contribution in [2.75, 3.05) is 19.6 Å². The fourth-order valence-electron chi connectivity index (χ4n) is 4.41. The molecule has 2 heteroatoms. The van der Waals surface area contributed by atoms with E-state index in [1.54, 1.807) is 0 Å². The summed E-state index contributed by atoms with van der Waals surface area (Å²) in [7, 11) is 0. The van der Waals surface area contributed by atoms with Crippen molar-refractivity contribution in [3.63, 3.8) is 0 Å². The van der Waals surface area contributed by atoms with E-state index in [0.717, 1.165) is 18.0 Å². The molecule has 0 amide bonds. The van der Waals surface area contributed by atoms with Crippen molar-refractivity contribution in [1.82, 2.24) is 10.2 Å². The van der Waals surface area contributed by atoms with Crippen molar-refractivity contribution in [3.8, 4) is 0 Å². The maximum atomic E-state index is 3.60. The molecule has 2 aliphatic rings. The number of hydrogen-bond acceptors (Lipinski definition) is 2. The maximum absolute atomic E-state index is 3.60. The molecule has 3 atom stereocenters. The van der Waals surface area contributed by atoms with Crippen LogP contribution in [0.4, 0.5) is 0 Å². The van der Waals surface area contributed by atoms with Crippen LogP contribution < -0.4 is 5.32 Å². The van der Waals surface area contributed by atoms with Gasteiger partial charge in [0.25, 0.3) is 0 Å². The Hall–Kier alpha value is -0.0800. The summed E-state index contributed by atoms with van der Waals surface area (Å²) in [4.78, 5) is 2.83. The van der Waals surface area contributed by atoms with Gasteiger partial charge in [-0.25, -0.2) is 0 Å². The molecule has 0 spiro atoms. The highest BCUT2D eigenvalue weighted by atomic mass is 15.2. The fraction of sp³-hybridized carbons (Fsp3) is 1.00. The van der Waals surface area contributed by atoms with Gasteiger partial charge in [-0.3, -0.25) is 4.90 Å². The Morgan fingerprint density at radius 3 is 2.30 bits per heavy atom. The van der Waals surface area contributed by atoms with Gasteiger partial charge in [0.2, 0.25) is 0 Å². The monoisotopic (exact) mass is 280 g/mol. The molecule has 0 radical (unpaired) electrons. The minimum absolute atomic E-state index is 0.498. The van der Waals surface area contributed by atoms with Crippen LogP contribution in [0.5, 0.6) is 0 Å². The zero-order valence-corrected chi connectivity index (χ0v) is 14.3. The van der Waals surface area contributed by atoms with Crippen LogP contribution in [0.2, 0.25) is 0 Å². The highest BCUT2D eigenvalue weighted by Gasteiger charge is 2.32. The van der Waals surface area contributed by atoms with Crippen LogP contribution >= 0.6 is 0 Å². The van der Waals surface area contributed by atoms with Gasteiger partial charge in [0.15, 0.2) is 0 Å². The second kappa shape index (κ2) is 7.26. The third-order valence-corrected chi connectivity index (χ3v) is 5.74. The number of nitrogens with one attached hydrogen (secondary N) is 1. The summed E-state index contributed by atoms with van der Waals surface area (Å²) in [6.07, 6.45) is 9.93. The number of likely N-dealkylation sites (N-methyl/N-ethyl adjacent to an activating group) is 1. The smallest absolute Gasteiger partial charge is 0.0223 e. The van der Waals surface area contributed by atoms with E-state index in [1.165, 1.54) is 64.6 Å². The predicted molar refractivity (Wildman–Crippen MR) is 88.1 cm³/mol. The molecule has 1 saturated heterocycles. The largest absolute Gasteiger partial charge is 0.315 e. The van der Waals surface area contributed by atoms with Gasteiger partial charge in [-0.15, -0.1) is 0 Å². The van der Waals surface area contributed by atoms with Crippen LogP contribution in [0.15, 0.2) is 0 Å². The first-order chi connectivity index (χ1) is 9.52. The molecule has 0 aromatic carbocycles. The molecule has 20 heavy (non-hydrogen) atoms. The summed E-state index contributed by atoms with van der Waals surface area (Å²) in [5.41, 5.74) is 0.498. The van der Waals surface area contributed by atoms with Crippen molar-refractivity contribution in [1.29, 1.82) is 0 Å². The van der Waals surface area contributed by atoms with Crippen molar-refractivity contribution < 1.29 is 0 Å². The molecule has 118 valence electrons. The van der Waals surface area contributed by atoms with Crippen LogP contribution in [-0.4, -0.2) is 36.6 Å². The zero-order chi connectivity index (χ0) is 14.6. The molecule has 0 bridgehead atoms. The Labute approximate surface area is 126 Å². The molecule has 3 unspecified atom stereocenters. The van der Waals surface area contributed by atoms with E-state index >= 15 is 0 Å². The molecule has 2 fully saturated rings. The topological polar surface area (TPSA) is 15.3 Å². The highest BCUT2D eigenvalue weighted by molar-refractivity contribution is 4.87. The molecule has 1 aliphatic heterocycles. The van der Waals surface area contributed by atoms with E-state index in [4.69, 9.17) is 0 Å². The number of rotatable bonds is 3. The van der Waals surface area contributed by atoms with Gasteiger partial charge < -0.3 is 5.32 Å². The Balaban J connectivity index is 1.93. The van der Waals surface area contributed by atoms with Crippen molar-refractivity contribution in [3.05, 3.63) is 0 Å². The van der Waals surface area contributed by atoms with Gasteiger partial charge in [0.1, 0.15) is 0 Å².